The van der Waals surface area contributed by atoms with E-state index in [0.29, 0.717) is 12.3 Å². The summed E-state index contributed by atoms with van der Waals surface area (Å²) >= 11 is 5.55. The number of ether oxygens (including phenoxy) is 1. The van der Waals surface area contributed by atoms with E-state index in [9.17, 15) is 5.11 Å². The lowest BCUT2D eigenvalue weighted by Crippen LogP contribution is -2.17. The molecule has 0 aromatic heterocycles. The molecule has 0 aliphatic rings. The molecule has 0 unspecified atom stereocenters. The van der Waals surface area contributed by atoms with Gasteiger partial charge in [-0.3, -0.25) is 0 Å². The van der Waals surface area contributed by atoms with Gasteiger partial charge in [-0.25, -0.2) is 0 Å². The minimum absolute atomic E-state index is 0.275. The number of hydrogen-bond donors (Lipinski definition) is 1. The third-order valence-corrected chi connectivity index (χ3v) is 3.06. The molecule has 0 fully saturated rings. The van der Waals surface area contributed by atoms with Crippen molar-refractivity contribution in [1.29, 1.82) is 0 Å². The summed E-state index contributed by atoms with van der Waals surface area (Å²) in [6.45, 7) is 0.275. The molecular formula is C16H17ClO2. The summed E-state index contributed by atoms with van der Waals surface area (Å²) in [6.07, 6.45) is 0.0372. The fraction of sp³-hybridized carbons (Fsp3) is 0.250. The smallest absolute Gasteiger partial charge is 0.119 e. The van der Waals surface area contributed by atoms with Gasteiger partial charge in [0, 0.05) is 5.88 Å². The van der Waals surface area contributed by atoms with Gasteiger partial charge < -0.3 is 9.84 Å². The molecule has 19 heavy (non-hydrogen) atoms. The topological polar surface area (TPSA) is 29.5 Å². The van der Waals surface area contributed by atoms with Crippen LogP contribution in [0.1, 0.15) is 6.42 Å². The van der Waals surface area contributed by atoms with Crippen LogP contribution in [0.15, 0.2) is 54.6 Å². The molecule has 2 rings (SSSR count). The van der Waals surface area contributed by atoms with Crippen molar-refractivity contribution in [3.63, 3.8) is 0 Å². The molecule has 0 saturated carbocycles. The van der Waals surface area contributed by atoms with E-state index < -0.39 is 6.10 Å². The van der Waals surface area contributed by atoms with E-state index in [-0.39, 0.29) is 6.61 Å². The predicted octanol–water partition coefficient (Wildman–Crippen LogP) is 3.72. The zero-order valence-electron chi connectivity index (χ0n) is 10.6. The van der Waals surface area contributed by atoms with Crippen LogP contribution in [0.3, 0.4) is 0 Å². The Morgan fingerprint density at radius 3 is 2.21 bits per heavy atom. The van der Waals surface area contributed by atoms with E-state index in [1.165, 1.54) is 5.56 Å². The van der Waals surface area contributed by atoms with Gasteiger partial charge >= 0.3 is 0 Å². The van der Waals surface area contributed by atoms with Gasteiger partial charge in [0.05, 0.1) is 6.10 Å². The van der Waals surface area contributed by atoms with Crippen molar-refractivity contribution in [2.45, 2.75) is 12.5 Å². The molecule has 2 aromatic rings. The number of aliphatic hydroxyl groups is 1. The van der Waals surface area contributed by atoms with Crippen LogP contribution in [0.25, 0.3) is 11.1 Å². The van der Waals surface area contributed by atoms with Crippen molar-refractivity contribution >= 4 is 11.6 Å². The molecule has 0 spiro atoms. The zero-order valence-corrected chi connectivity index (χ0v) is 11.4. The molecule has 0 radical (unpaired) electrons. The van der Waals surface area contributed by atoms with Gasteiger partial charge in [0.25, 0.3) is 0 Å². The standard InChI is InChI=1S/C16H17ClO2/c17-11-10-15(18)12-19-16-8-6-14(7-9-16)13-4-2-1-3-5-13/h1-9,15,18H,10-12H2/t15-/m1/s1. The summed E-state index contributed by atoms with van der Waals surface area (Å²) < 4.78 is 5.50. The monoisotopic (exact) mass is 276 g/mol. The first-order chi connectivity index (χ1) is 9.29. The van der Waals surface area contributed by atoms with E-state index in [4.69, 9.17) is 16.3 Å². The lowest BCUT2D eigenvalue weighted by Gasteiger charge is -2.11. The van der Waals surface area contributed by atoms with Crippen LogP contribution in [0.5, 0.6) is 5.75 Å². The highest BCUT2D eigenvalue weighted by Gasteiger charge is 2.04. The first kappa shape index (κ1) is 13.9. The first-order valence-electron chi connectivity index (χ1n) is 6.32. The van der Waals surface area contributed by atoms with Gasteiger partial charge in [-0.05, 0) is 29.7 Å². The normalized spacial score (nSPS) is 12.1. The number of alkyl halides is 1. The third kappa shape index (κ3) is 4.27. The van der Waals surface area contributed by atoms with E-state index in [2.05, 4.69) is 12.1 Å². The molecule has 1 atom stereocenters. The molecular weight excluding hydrogens is 260 g/mol. The molecule has 2 nitrogen and oxygen atoms in total. The van der Waals surface area contributed by atoms with Gasteiger partial charge in [-0.15, -0.1) is 11.6 Å². The third-order valence-electron chi connectivity index (χ3n) is 2.85. The van der Waals surface area contributed by atoms with Crippen molar-refractivity contribution < 1.29 is 9.84 Å². The summed E-state index contributed by atoms with van der Waals surface area (Å²) in [4.78, 5) is 0. The average molecular weight is 277 g/mol. The molecule has 1 N–H and O–H groups in total. The lowest BCUT2D eigenvalue weighted by molar-refractivity contribution is 0.105. The van der Waals surface area contributed by atoms with E-state index >= 15 is 0 Å². The van der Waals surface area contributed by atoms with E-state index in [1.54, 1.807) is 0 Å². The molecule has 0 heterocycles. The van der Waals surface area contributed by atoms with Crippen molar-refractivity contribution in [3.05, 3.63) is 54.6 Å². The van der Waals surface area contributed by atoms with Crippen molar-refractivity contribution in [3.8, 4) is 16.9 Å². The van der Waals surface area contributed by atoms with E-state index in [0.717, 1.165) is 11.3 Å². The zero-order chi connectivity index (χ0) is 13.5. The predicted molar refractivity (Wildman–Crippen MR) is 78.7 cm³/mol. The SMILES string of the molecule is O[C@H](CCCl)COc1ccc(-c2ccccc2)cc1. The highest BCUT2D eigenvalue weighted by Crippen LogP contribution is 2.22. The van der Waals surface area contributed by atoms with Crippen LogP contribution < -0.4 is 4.74 Å². The highest BCUT2D eigenvalue weighted by atomic mass is 35.5. The number of hydrogen-bond acceptors (Lipinski definition) is 2. The van der Waals surface area contributed by atoms with Crippen LogP contribution >= 0.6 is 11.6 Å². The maximum Gasteiger partial charge on any atom is 0.119 e. The molecule has 3 heteroatoms. The summed E-state index contributed by atoms with van der Waals surface area (Å²) in [7, 11) is 0. The van der Waals surface area contributed by atoms with Gasteiger partial charge in [0.2, 0.25) is 0 Å². The Kier molecular flexibility index (Phi) is 5.25. The van der Waals surface area contributed by atoms with Crippen LogP contribution in [0.2, 0.25) is 0 Å². The Morgan fingerprint density at radius 1 is 0.947 bits per heavy atom. The maximum absolute atomic E-state index is 9.53. The average Bonchev–Trinajstić information content (AvgIpc) is 2.47. The largest absolute Gasteiger partial charge is 0.491 e. The molecule has 0 amide bonds. The Bertz CT molecular complexity index is 482. The molecule has 0 aliphatic heterocycles. The van der Waals surface area contributed by atoms with Crippen molar-refractivity contribution in [1.82, 2.24) is 0 Å². The highest BCUT2D eigenvalue weighted by molar-refractivity contribution is 6.17. The number of halogens is 1. The lowest BCUT2D eigenvalue weighted by atomic mass is 10.1. The Balaban J connectivity index is 1.95. The molecule has 0 saturated heterocycles. The van der Waals surface area contributed by atoms with Gasteiger partial charge in [0.1, 0.15) is 12.4 Å². The summed E-state index contributed by atoms with van der Waals surface area (Å²) in [5.41, 5.74) is 2.32. The summed E-state index contributed by atoms with van der Waals surface area (Å²) in [5, 5.41) is 9.53. The van der Waals surface area contributed by atoms with Gasteiger partial charge in [-0.2, -0.15) is 0 Å². The summed E-state index contributed by atoms with van der Waals surface area (Å²) in [5.74, 6) is 1.20. The van der Waals surface area contributed by atoms with Crippen molar-refractivity contribution in [2.75, 3.05) is 12.5 Å². The minimum atomic E-state index is -0.508. The Morgan fingerprint density at radius 2 is 1.58 bits per heavy atom. The minimum Gasteiger partial charge on any atom is -0.491 e. The Hall–Kier alpha value is -1.51. The van der Waals surface area contributed by atoms with E-state index in [1.807, 2.05) is 42.5 Å². The van der Waals surface area contributed by atoms with Crippen LogP contribution in [-0.4, -0.2) is 23.7 Å². The second-order valence-corrected chi connectivity index (χ2v) is 4.71. The van der Waals surface area contributed by atoms with Gasteiger partial charge in [-0.1, -0.05) is 42.5 Å². The molecule has 0 bridgehead atoms. The summed E-state index contributed by atoms with van der Waals surface area (Å²) in [6, 6.07) is 18.0. The molecule has 100 valence electrons. The van der Waals surface area contributed by atoms with Crippen LogP contribution in [-0.2, 0) is 0 Å². The van der Waals surface area contributed by atoms with Crippen molar-refractivity contribution in [2.24, 2.45) is 0 Å². The maximum atomic E-state index is 9.53. The van der Waals surface area contributed by atoms with Crippen LogP contribution in [0.4, 0.5) is 0 Å². The number of rotatable bonds is 6. The number of aliphatic hydroxyl groups excluding tert-OH is 1. The second-order valence-electron chi connectivity index (χ2n) is 4.33. The van der Waals surface area contributed by atoms with Crippen LogP contribution in [0, 0.1) is 0 Å². The number of benzene rings is 2. The fourth-order valence-electron chi connectivity index (χ4n) is 1.78. The fourth-order valence-corrected chi connectivity index (χ4v) is 2.03. The Labute approximate surface area is 118 Å². The molecule has 0 aliphatic carbocycles. The van der Waals surface area contributed by atoms with Gasteiger partial charge in [0.15, 0.2) is 0 Å². The first-order valence-corrected chi connectivity index (χ1v) is 6.85. The molecule has 2 aromatic carbocycles. The quantitative estimate of drug-likeness (QED) is 0.815. The second kappa shape index (κ2) is 7.17.